The van der Waals surface area contributed by atoms with E-state index in [1.54, 1.807) is 7.11 Å². The lowest BCUT2D eigenvalue weighted by molar-refractivity contribution is 0.414. The molecule has 1 atom stereocenters. The van der Waals surface area contributed by atoms with Crippen LogP contribution in [0.15, 0.2) is 42.6 Å². The summed E-state index contributed by atoms with van der Waals surface area (Å²) in [6.07, 6.45) is 3.66. The highest BCUT2D eigenvalue weighted by Gasteiger charge is 2.11. The number of aryl methyl sites for hydroxylation is 2. The van der Waals surface area contributed by atoms with Gasteiger partial charge in [-0.2, -0.15) is 0 Å². The summed E-state index contributed by atoms with van der Waals surface area (Å²) in [6, 6.07) is 12.2. The number of methoxy groups -OCH3 is 1. The highest BCUT2D eigenvalue weighted by atomic mass is 16.5. The van der Waals surface area contributed by atoms with E-state index in [1.165, 1.54) is 11.1 Å². The fraction of sp³-hybridized carbons (Fsp3) is 0.312. The molecule has 20 heavy (non-hydrogen) atoms. The number of hydrogen-bond donors (Lipinski definition) is 2. The van der Waals surface area contributed by atoms with E-state index in [9.17, 15) is 0 Å². The van der Waals surface area contributed by atoms with Crippen LogP contribution in [0.5, 0.6) is 5.75 Å². The van der Waals surface area contributed by atoms with Crippen molar-refractivity contribution in [2.24, 2.45) is 5.84 Å². The monoisotopic (exact) mass is 271 g/mol. The lowest BCUT2D eigenvalue weighted by Crippen LogP contribution is -2.29. The van der Waals surface area contributed by atoms with Crippen molar-refractivity contribution >= 4 is 0 Å². The Hall–Kier alpha value is -1.91. The Morgan fingerprint density at radius 2 is 2.00 bits per heavy atom. The first kappa shape index (κ1) is 14.5. The molecule has 4 nitrogen and oxygen atoms in total. The third kappa shape index (κ3) is 3.79. The van der Waals surface area contributed by atoms with Gasteiger partial charge in [0.1, 0.15) is 5.75 Å². The third-order valence-corrected chi connectivity index (χ3v) is 3.38. The maximum atomic E-state index is 5.65. The standard InChI is InChI=1S/C16H21N3O/c1-12-9-10-18-16(11-12)15(19-17)8-5-13-3-6-14(20-2)7-4-13/h3-4,6-7,9-11,15,19H,5,8,17H2,1-2H3. The van der Waals surface area contributed by atoms with Gasteiger partial charge in [0.15, 0.2) is 0 Å². The molecule has 0 fully saturated rings. The number of hydrazine groups is 1. The smallest absolute Gasteiger partial charge is 0.118 e. The van der Waals surface area contributed by atoms with Gasteiger partial charge in [0, 0.05) is 6.20 Å². The van der Waals surface area contributed by atoms with Gasteiger partial charge in [-0.25, -0.2) is 0 Å². The van der Waals surface area contributed by atoms with Crippen LogP contribution < -0.4 is 16.0 Å². The molecule has 1 unspecified atom stereocenters. The molecule has 0 saturated carbocycles. The number of hydrogen-bond acceptors (Lipinski definition) is 4. The Kier molecular flexibility index (Phi) is 5.09. The molecule has 106 valence electrons. The van der Waals surface area contributed by atoms with Gasteiger partial charge in [-0.1, -0.05) is 12.1 Å². The number of rotatable bonds is 6. The van der Waals surface area contributed by atoms with Crippen LogP contribution >= 0.6 is 0 Å². The molecule has 0 saturated heterocycles. The summed E-state index contributed by atoms with van der Waals surface area (Å²) in [5.41, 5.74) is 6.30. The van der Waals surface area contributed by atoms with Crippen molar-refractivity contribution in [1.29, 1.82) is 0 Å². The third-order valence-electron chi connectivity index (χ3n) is 3.38. The lowest BCUT2D eigenvalue weighted by Gasteiger charge is -2.15. The van der Waals surface area contributed by atoms with Crippen LogP contribution in [-0.2, 0) is 6.42 Å². The van der Waals surface area contributed by atoms with Crippen molar-refractivity contribution in [3.8, 4) is 5.75 Å². The van der Waals surface area contributed by atoms with Crippen LogP contribution in [-0.4, -0.2) is 12.1 Å². The second-order valence-electron chi connectivity index (χ2n) is 4.86. The van der Waals surface area contributed by atoms with E-state index in [0.717, 1.165) is 24.3 Å². The Morgan fingerprint density at radius 1 is 1.25 bits per heavy atom. The van der Waals surface area contributed by atoms with Crippen LogP contribution in [0.4, 0.5) is 0 Å². The average Bonchev–Trinajstić information content (AvgIpc) is 2.48. The first-order chi connectivity index (χ1) is 9.72. The number of nitrogens with one attached hydrogen (secondary N) is 1. The zero-order valence-electron chi connectivity index (χ0n) is 12.0. The Bertz CT molecular complexity index is 540. The van der Waals surface area contributed by atoms with Crippen LogP contribution in [0.1, 0.15) is 29.3 Å². The second-order valence-corrected chi connectivity index (χ2v) is 4.86. The van der Waals surface area contributed by atoms with Crippen molar-refractivity contribution < 1.29 is 4.74 Å². The minimum Gasteiger partial charge on any atom is -0.497 e. The number of pyridine rings is 1. The molecule has 4 heteroatoms. The Balaban J connectivity index is 1.99. The quantitative estimate of drug-likeness (QED) is 0.626. The van der Waals surface area contributed by atoms with Gasteiger partial charge in [0.05, 0.1) is 18.8 Å². The molecule has 0 bridgehead atoms. The summed E-state index contributed by atoms with van der Waals surface area (Å²) in [5, 5.41) is 0. The molecular weight excluding hydrogens is 250 g/mol. The van der Waals surface area contributed by atoms with Crippen molar-refractivity contribution in [2.45, 2.75) is 25.8 Å². The fourth-order valence-corrected chi connectivity index (χ4v) is 2.17. The summed E-state index contributed by atoms with van der Waals surface area (Å²) in [6.45, 7) is 2.06. The van der Waals surface area contributed by atoms with Crippen LogP contribution in [0.3, 0.4) is 0 Å². The van der Waals surface area contributed by atoms with E-state index in [2.05, 4.69) is 35.5 Å². The van der Waals surface area contributed by atoms with E-state index >= 15 is 0 Å². The van der Waals surface area contributed by atoms with Gasteiger partial charge in [-0.05, 0) is 55.2 Å². The SMILES string of the molecule is COc1ccc(CCC(NN)c2cc(C)ccn2)cc1. The van der Waals surface area contributed by atoms with E-state index in [4.69, 9.17) is 10.6 Å². The van der Waals surface area contributed by atoms with E-state index in [0.29, 0.717) is 0 Å². The van der Waals surface area contributed by atoms with Crippen LogP contribution in [0, 0.1) is 6.92 Å². The topological polar surface area (TPSA) is 60.2 Å². The van der Waals surface area contributed by atoms with Crippen molar-refractivity contribution in [1.82, 2.24) is 10.4 Å². The predicted octanol–water partition coefficient (Wildman–Crippen LogP) is 2.54. The average molecular weight is 271 g/mol. The molecule has 0 aliphatic carbocycles. The molecule has 0 radical (unpaired) electrons. The summed E-state index contributed by atoms with van der Waals surface area (Å²) < 4.78 is 5.16. The van der Waals surface area contributed by atoms with E-state index in [-0.39, 0.29) is 6.04 Å². The predicted molar refractivity (Wildman–Crippen MR) is 80.4 cm³/mol. The van der Waals surface area contributed by atoms with Crippen LogP contribution in [0.2, 0.25) is 0 Å². The Labute approximate surface area is 120 Å². The van der Waals surface area contributed by atoms with Crippen molar-refractivity contribution in [2.75, 3.05) is 7.11 Å². The number of nitrogens with zero attached hydrogens (tertiary/aromatic N) is 1. The molecule has 1 heterocycles. The van der Waals surface area contributed by atoms with Gasteiger partial charge in [-0.15, -0.1) is 0 Å². The van der Waals surface area contributed by atoms with Crippen molar-refractivity contribution in [3.63, 3.8) is 0 Å². The normalized spacial score (nSPS) is 12.2. The summed E-state index contributed by atoms with van der Waals surface area (Å²) in [5.74, 6) is 6.53. The highest BCUT2D eigenvalue weighted by molar-refractivity contribution is 5.27. The number of benzene rings is 1. The van der Waals surface area contributed by atoms with Gasteiger partial charge < -0.3 is 4.74 Å². The first-order valence-electron chi connectivity index (χ1n) is 6.74. The Morgan fingerprint density at radius 3 is 2.60 bits per heavy atom. The molecular formula is C16H21N3O. The molecule has 2 aromatic rings. The largest absolute Gasteiger partial charge is 0.497 e. The summed E-state index contributed by atoms with van der Waals surface area (Å²) >= 11 is 0. The van der Waals surface area contributed by atoms with Gasteiger partial charge >= 0.3 is 0 Å². The minimum absolute atomic E-state index is 0.0667. The van der Waals surface area contributed by atoms with E-state index in [1.807, 2.05) is 24.4 Å². The molecule has 1 aromatic heterocycles. The molecule has 0 spiro atoms. The van der Waals surface area contributed by atoms with Gasteiger partial charge in [0.25, 0.3) is 0 Å². The molecule has 2 rings (SSSR count). The van der Waals surface area contributed by atoms with Crippen molar-refractivity contribution in [3.05, 3.63) is 59.4 Å². The summed E-state index contributed by atoms with van der Waals surface area (Å²) in [7, 11) is 1.67. The minimum atomic E-state index is 0.0667. The molecule has 0 aliphatic rings. The molecule has 0 amide bonds. The van der Waals surface area contributed by atoms with Crippen LogP contribution in [0.25, 0.3) is 0 Å². The van der Waals surface area contributed by atoms with Gasteiger partial charge in [0.2, 0.25) is 0 Å². The maximum absolute atomic E-state index is 5.65. The van der Waals surface area contributed by atoms with Gasteiger partial charge in [-0.3, -0.25) is 16.3 Å². The fourth-order valence-electron chi connectivity index (χ4n) is 2.17. The first-order valence-corrected chi connectivity index (χ1v) is 6.74. The molecule has 0 aliphatic heterocycles. The molecule has 1 aromatic carbocycles. The number of nitrogens with two attached hydrogens (primary N) is 1. The molecule has 3 N–H and O–H groups in total. The number of ether oxygens (including phenoxy) is 1. The zero-order chi connectivity index (χ0) is 14.4. The zero-order valence-corrected chi connectivity index (χ0v) is 12.0. The highest BCUT2D eigenvalue weighted by Crippen LogP contribution is 2.19. The van der Waals surface area contributed by atoms with E-state index < -0.39 is 0 Å². The summed E-state index contributed by atoms with van der Waals surface area (Å²) in [4.78, 5) is 4.39. The number of aromatic nitrogens is 1. The second kappa shape index (κ2) is 7.03. The lowest BCUT2D eigenvalue weighted by atomic mass is 10.0. The maximum Gasteiger partial charge on any atom is 0.118 e.